The molecule has 1 unspecified atom stereocenters. The van der Waals surface area contributed by atoms with Crippen molar-refractivity contribution in [3.05, 3.63) is 41.5 Å². The summed E-state index contributed by atoms with van der Waals surface area (Å²) in [5.74, 6) is 2.53. The zero-order valence-corrected chi connectivity index (χ0v) is 9.42. The van der Waals surface area contributed by atoms with E-state index in [0.29, 0.717) is 18.3 Å². The topological polar surface area (TPSA) is 73.9 Å². The zero-order valence-electron chi connectivity index (χ0n) is 9.42. The van der Waals surface area contributed by atoms with Gasteiger partial charge in [0.2, 0.25) is 5.95 Å². The summed E-state index contributed by atoms with van der Waals surface area (Å²) in [6.07, 6.45) is 0. The van der Waals surface area contributed by atoms with Gasteiger partial charge in [0.05, 0.1) is 5.92 Å². The van der Waals surface area contributed by atoms with Gasteiger partial charge in [-0.1, -0.05) is 18.2 Å². The minimum atomic E-state index is 0.0511. The number of rotatable bonds is 1. The Morgan fingerprint density at radius 2 is 2.06 bits per heavy atom. The van der Waals surface area contributed by atoms with Crippen LogP contribution in [0.25, 0.3) is 0 Å². The molecule has 0 amide bonds. The minimum absolute atomic E-state index is 0.0511. The molecule has 1 aliphatic heterocycles. The first kappa shape index (κ1) is 10.0. The van der Waals surface area contributed by atoms with Gasteiger partial charge in [-0.2, -0.15) is 9.97 Å². The molecule has 1 aliphatic rings. The van der Waals surface area contributed by atoms with Crippen molar-refractivity contribution in [2.45, 2.75) is 12.8 Å². The van der Waals surface area contributed by atoms with Gasteiger partial charge in [-0.25, -0.2) is 4.98 Å². The van der Waals surface area contributed by atoms with Crippen molar-refractivity contribution in [3.8, 4) is 5.75 Å². The number of aryl methyl sites for hydroxylation is 1. The van der Waals surface area contributed by atoms with Gasteiger partial charge in [-0.3, -0.25) is 0 Å². The van der Waals surface area contributed by atoms with E-state index < -0.39 is 0 Å². The Kier molecular flexibility index (Phi) is 2.18. The normalized spacial score (nSPS) is 17.6. The molecule has 0 aliphatic carbocycles. The number of nitrogens with zero attached hydrogens (tertiary/aromatic N) is 3. The number of para-hydroxylation sites is 1. The molecular weight excluding hydrogens is 216 g/mol. The molecule has 0 saturated carbocycles. The van der Waals surface area contributed by atoms with Crippen LogP contribution >= 0.6 is 0 Å². The highest BCUT2D eigenvalue weighted by molar-refractivity contribution is 5.43. The average Bonchev–Trinajstić information content (AvgIpc) is 2.71. The van der Waals surface area contributed by atoms with Gasteiger partial charge in [0.25, 0.3) is 0 Å². The molecule has 0 bridgehead atoms. The molecule has 0 fully saturated rings. The van der Waals surface area contributed by atoms with Gasteiger partial charge in [-0.15, -0.1) is 0 Å². The summed E-state index contributed by atoms with van der Waals surface area (Å²) in [6, 6.07) is 7.92. The number of hydrogen-bond acceptors (Lipinski definition) is 5. The van der Waals surface area contributed by atoms with Gasteiger partial charge in [-0.05, 0) is 13.0 Å². The third-order valence-corrected chi connectivity index (χ3v) is 2.79. The first-order valence-electron chi connectivity index (χ1n) is 5.44. The smallest absolute Gasteiger partial charge is 0.223 e. The molecule has 5 heteroatoms. The van der Waals surface area contributed by atoms with Gasteiger partial charge >= 0.3 is 0 Å². The van der Waals surface area contributed by atoms with Crippen LogP contribution < -0.4 is 10.5 Å². The first-order valence-corrected chi connectivity index (χ1v) is 5.44. The van der Waals surface area contributed by atoms with E-state index in [1.807, 2.05) is 31.2 Å². The Hall–Kier alpha value is -2.17. The lowest BCUT2D eigenvalue weighted by Gasteiger charge is -2.08. The van der Waals surface area contributed by atoms with E-state index in [1.165, 1.54) is 0 Å². The highest BCUT2D eigenvalue weighted by Crippen LogP contribution is 2.36. The third-order valence-electron chi connectivity index (χ3n) is 2.79. The largest absolute Gasteiger partial charge is 0.492 e. The molecule has 1 aromatic heterocycles. The highest BCUT2D eigenvalue weighted by atomic mass is 16.5. The van der Waals surface area contributed by atoms with E-state index in [9.17, 15) is 0 Å². The van der Waals surface area contributed by atoms with Crippen LogP contribution in [0.3, 0.4) is 0 Å². The van der Waals surface area contributed by atoms with Crippen LogP contribution in [0.1, 0.15) is 23.1 Å². The number of benzene rings is 1. The molecule has 5 nitrogen and oxygen atoms in total. The van der Waals surface area contributed by atoms with Crippen molar-refractivity contribution in [2.75, 3.05) is 12.3 Å². The maximum atomic E-state index is 5.64. The first-order chi connectivity index (χ1) is 8.24. The maximum absolute atomic E-state index is 5.64. The van der Waals surface area contributed by atoms with E-state index in [4.69, 9.17) is 10.5 Å². The summed E-state index contributed by atoms with van der Waals surface area (Å²) in [5.41, 5.74) is 6.75. The Labute approximate surface area is 98.7 Å². The monoisotopic (exact) mass is 228 g/mol. The molecule has 2 N–H and O–H groups in total. The maximum Gasteiger partial charge on any atom is 0.223 e. The van der Waals surface area contributed by atoms with Gasteiger partial charge in [0.15, 0.2) is 0 Å². The Bertz CT molecular complexity index is 550. The van der Waals surface area contributed by atoms with Crippen molar-refractivity contribution < 1.29 is 4.74 Å². The zero-order chi connectivity index (χ0) is 11.8. The summed E-state index contributed by atoms with van der Waals surface area (Å²) < 4.78 is 5.60. The number of fused-ring (bicyclic) bond motifs is 1. The second kappa shape index (κ2) is 3.69. The number of ether oxygens (including phenoxy) is 1. The fourth-order valence-corrected chi connectivity index (χ4v) is 2.06. The SMILES string of the molecule is Cc1nc(N)nc(C2COc3ccccc32)n1. The van der Waals surface area contributed by atoms with E-state index in [0.717, 1.165) is 11.3 Å². The van der Waals surface area contributed by atoms with Crippen LogP contribution in [0.15, 0.2) is 24.3 Å². The molecule has 2 aromatic rings. The number of hydrogen-bond donors (Lipinski definition) is 1. The van der Waals surface area contributed by atoms with Gasteiger partial charge < -0.3 is 10.5 Å². The molecule has 0 radical (unpaired) electrons. The predicted molar refractivity (Wildman–Crippen MR) is 62.8 cm³/mol. The molecule has 17 heavy (non-hydrogen) atoms. The Morgan fingerprint density at radius 1 is 1.24 bits per heavy atom. The fraction of sp³-hybridized carbons (Fsp3) is 0.250. The highest BCUT2D eigenvalue weighted by Gasteiger charge is 2.27. The number of nitrogens with two attached hydrogens (primary N) is 1. The summed E-state index contributed by atoms with van der Waals surface area (Å²) >= 11 is 0. The number of nitrogen functional groups attached to an aromatic ring is 1. The average molecular weight is 228 g/mol. The van der Waals surface area contributed by atoms with E-state index in [2.05, 4.69) is 15.0 Å². The second-order valence-corrected chi connectivity index (χ2v) is 4.00. The minimum Gasteiger partial charge on any atom is -0.492 e. The molecule has 86 valence electrons. The molecule has 0 spiro atoms. The molecule has 1 aromatic carbocycles. The Balaban J connectivity index is 2.06. The second-order valence-electron chi connectivity index (χ2n) is 4.00. The standard InChI is InChI=1S/C12H12N4O/c1-7-14-11(16-12(13)15-7)9-6-17-10-5-3-2-4-8(9)10/h2-5,9H,6H2,1H3,(H2,13,14,15,16). The van der Waals surface area contributed by atoms with Crippen molar-refractivity contribution in [1.82, 2.24) is 15.0 Å². The number of anilines is 1. The Morgan fingerprint density at radius 3 is 2.88 bits per heavy atom. The van der Waals surface area contributed by atoms with Gasteiger partial charge in [0.1, 0.15) is 24.0 Å². The quantitative estimate of drug-likeness (QED) is 0.796. The van der Waals surface area contributed by atoms with E-state index >= 15 is 0 Å². The van der Waals surface area contributed by atoms with Crippen molar-refractivity contribution in [2.24, 2.45) is 0 Å². The van der Waals surface area contributed by atoms with Crippen LogP contribution in [0.4, 0.5) is 5.95 Å². The molecule has 0 saturated heterocycles. The lowest BCUT2D eigenvalue weighted by atomic mass is 10.0. The van der Waals surface area contributed by atoms with Crippen LogP contribution in [0.5, 0.6) is 5.75 Å². The van der Waals surface area contributed by atoms with E-state index in [-0.39, 0.29) is 11.9 Å². The molecule has 1 atom stereocenters. The van der Waals surface area contributed by atoms with Crippen LogP contribution in [-0.2, 0) is 0 Å². The van der Waals surface area contributed by atoms with Crippen LogP contribution in [0.2, 0.25) is 0 Å². The van der Waals surface area contributed by atoms with Crippen LogP contribution in [-0.4, -0.2) is 21.6 Å². The summed E-state index contributed by atoms with van der Waals surface area (Å²) in [4.78, 5) is 12.5. The van der Waals surface area contributed by atoms with E-state index in [1.54, 1.807) is 0 Å². The van der Waals surface area contributed by atoms with Crippen molar-refractivity contribution >= 4 is 5.95 Å². The molecule has 3 rings (SSSR count). The van der Waals surface area contributed by atoms with Gasteiger partial charge in [0, 0.05) is 5.56 Å². The molecule has 2 heterocycles. The number of aromatic nitrogens is 3. The lowest BCUT2D eigenvalue weighted by molar-refractivity contribution is 0.339. The molecular formula is C12H12N4O. The van der Waals surface area contributed by atoms with Crippen molar-refractivity contribution in [1.29, 1.82) is 0 Å². The van der Waals surface area contributed by atoms with Crippen LogP contribution in [0, 0.1) is 6.92 Å². The summed E-state index contributed by atoms with van der Waals surface area (Å²) in [5, 5.41) is 0. The fourth-order valence-electron chi connectivity index (χ4n) is 2.06. The summed E-state index contributed by atoms with van der Waals surface area (Å²) in [7, 11) is 0. The third kappa shape index (κ3) is 1.69. The lowest BCUT2D eigenvalue weighted by Crippen LogP contribution is -2.11. The van der Waals surface area contributed by atoms with Crippen molar-refractivity contribution in [3.63, 3.8) is 0 Å². The summed E-state index contributed by atoms with van der Waals surface area (Å²) in [6.45, 7) is 2.37. The predicted octanol–water partition coefficient (Wildman–Crippen LogP) is 1.29.